The van der Waals surface area contributed by atoms with Crippen LogP contribution >= 0.6 is 0 Å². The molecule has 4 rings (SSSR count). The van der Waals surface area contributed by atoms with Crippen LogP contribution in [0.4, 0.5) is 17.6 Å². The van der Waals surface area contributed by atoms with Crippen molar-refractivity contribution in [1.29, 1.82) is 0 Å². The molecule has 0 unspecified atom stereocenters. The predicted molar refractivity (Wildman–Crippen MR) is 110 cm³/mol. The Hall–Kier alpha value is -2.48. The van der Waals surface area contributed by atoms with E-state index >= 15 is 0 Å². The van der Waals surface area contributed by atoms with Gasteiger partial charge in [0.05, 0.1) is 18.9 Å². The van der Waals surface area contributed by atoms with Crippen molar-refractivity contribution in [2.45, 2.75) is 26.2 Å². The normalized spacial score (nSPS) is 18.5. The van der Waals surface area contributed by atoms with Crippen LogP contribution < -0.4 is 14.7 Å². The number of nitrogens with zero attached hydrogens (tertiary/aromatic N) is 7. The zero-order valence-electron chi connectivity index (χ0n) is 17.0. The first-order valence-corrected chi connectivity index (χ1v) is 10.0. The molecule has 8 nitrogen and oxygen atoms in total. The van der Waals surface area contributed by atoms with E-state index in [0.717, 1.165) is 75.8 Å². The highest BCUT2D eigenvalue weighted by Crippen LogP contribution is 2.22. The Balaban J connectivity index is 1.39. The van der Waals surface area contributed by atoms with Gasteiger partial charge >= 0.3 is 0 Å². The van der Waals surface area contributed by atoms with Gasteiger partial charge in [0.1, 0.15) is 5.82 Å². The van der Waals surface area contributed by atoms with Gasteiger partial charge in [-0.1, -0.05) is 20.8 Å². The fourth-order valence-corrected chi connectivity index (χ4v) is 3.49. The second-order valence-corrected chi connectivity index (χ2v) is 8.32. The molecule has 0 bridgehead atoms. The van der Waals surface area contributed by atoms with Crippen molar-refractivity contribution >= 4 is 17.6 Å². The Morgan fingerprint density at radius 2 is 1.46 bits per heavy atom. The van der Waals surface area contributed by atoms with Gasteiger partial charge in [0, 0.05) is 50.9 Å². The maximum atomic E-state index is 5.44. The van der Waals surface area contributed by atoms with Crippen molar-refractivity contribution in [1.82, 2.24) is 20.2 Å². The zero-order chi connectivity index (χ0) is 19.6. The molecule has 8 heteroatoms. The van der Waals surface area contributed by atoms with Gasteiger partial charge in [-0.3, -0.25) is 0 Å². The molecule has 0 amide bonds. The summed E-state index contributed by atoms with van der Waals surface area (Å²) in [6.45, 7) is 13.2. The molecule has 0 atom stereocenters. The van der Waals surface area contributed by atoms with E-state index in [1.807, 2.05) is 12.3 Å². The number of piperazine rings is 1. The maximum Gasteiger partial charge on any atom is 0.227 e. The van der Waals surface area contributed by atoms with E-state index in [-0.39, 0.29) is 5.41 Å². The van der Waals surface area contributed by atoms with Gasteiger partial charge in [-0.15, -0.1) is 5.10 Å². The van der Waals surface area contributed by atoms with Crippen molar-refractivity contribution < 1.29 is 4.74 Å². The van der Waals surface area contributed by atoms with E-state index < -0.39 is 0 Å². The molecule has 0 N–H and O–H groups in total. The maximum absolute atomic E-state index is 5.44. The Kier molecular flexibility index (Phi) is 5.30. The number of anilines is 3. The second-order valence-electron chi connectivity index (χ2n) is 8.32. The molecule has 0 aromatic carbocycles. The Morgan fingerprint density at radius 3 is 2.11 bits per heavy atom. The minimum Gasteiger partial charge on any atom is -0.378 e. The highest BCUT2D eigenvalue weighted by Gasteiger charge is 2.22. The van der Waals surface area contributed by atoms with E-state index in [4.69, 9.17) is 9.72 Å². The molecule has 4 heterocycles. The average Bonchev–Trinajstić information content (AvgIpc) is 2.74. The summed E-state index contributed by atoms with van der Waals surface area (Å²) in [6, 6.07) is 6.15. The standard InChI is InChI=1S/C20H29N7O/c1-20(2,3)16-4-5-18(24-23-16)25-8-10-27(11-9-25)19-21-7-6-17(22-19)26-12-14-28-15-13-26/h4-7H,8-15H2,1-3H3. The molecule has 2 aliphatic heterocycles. The van der Waals surface area contributed by atoms with Crippen molar-refractivity contribution in [3.05, 3.63) is 30.1 Å². The van der Waals surface area contributed by atoms with Gasteiger partial charge < -0.3 is 19.4 Å². The molecule has 28 heavy (non-hydrogen) atoms. The lowest BCUT2D eigenvalue weighted by molar-refractivity contribution is 0.122. The van der Waals surface area contributed by atoms with Crippen LogP contribution in [-0.4, -0.2) is 72.6 Å². The quantitative estimate of drug-likeness (QED) is 0.794. The fraction of sp³-hybridized carbons (Fsp3) is 0.600. The van der Waals surface area contributed by atoms with Gasteiger partial charge in [0.25, 0.3) is 0 Å². The summed E-state index contributed by atoms with van der Waals surface area (Å²) < 4.78 is 5.44. The lowest BCUT2D eigenvalue weighted by atomic mass is 9.92. The summed E-state index contributed by atoms with van der Waals surface area (Å²) >= 11 is 0. The zero-order valence-corrected chi connectivity index (χ0v) is 17.0. The Labute approximate surface area is 166 Å². The van der Waals surface area contributed by atoms with E-state index in [0.29, 0.717) is 0 Å². The number of aromatic nitrogens is 4. The summed E-state index contributed by atoms with van der Waals surface area (Å²) in [4.78, 5) is 16.1. The van der Waals surface area contributed by atoms with Crippen LogP contribution in [0.15, 0.2) is 24.4 Å². The number of rotatable bonds is 3. The first-order chi connectivity index (χ1) is 13.5. The highest BCUT2D eigenvalue weighted by atomic mass is 16.5. The summed E-state index contributed by atoms with van der Waals surface area (Å²) in [6.07, 6.45) is 1.86. The topological polar surface area (TPSA) is 70.5 Å². The van der Waals surface area contributed by atoms with Gasteiger partial charge in [0.15, 0.2) is 5.82 Å². The van der Waals surface area contributed by atoms with Crippen molar-refractivity contribution in [2.24, 2.45) is 0 Å². The van der Waals surface area contributed by atoms with E-state index in [1.54, 1.807) is 0 Å². The smallest absolute Gasteiger partial charge is 0.227 e. The van der Waals surface area contributed by atoms with Crippen LogP contribution in [0, 0.1) is 0 Å². The summed E-state index contributed by atoms with van der Waals surface area (Å²) in [5.41, 5.74) is 1.04. The first-order valence-electron chi connectivity index (χ1n) is 10.0. The van der Waals surface area contributed by atoms with Gasteiger partial charge in [-0.25, -0.2) is 4.98 Å². The highest BCUT2D eigenvalue weighted by molar-refractivity contribution is 5.46. The number of morpholine rings is 1. The number of ether oxygens (including phenoxy) is 1. The fourth-order valence-electron chi connectivity index (χ4n) is 3.49. The molecule has 150 valence electrons. The largest absolute Gasteiger partial charge is 0.378 e. The van der Waals surface area contributed by atoms with Crippen molar-refractivity contribution in [2.75, 3.05) is 67.2 Å². The summed E-state index contributed by atoms with van der Waals surface area (Å²) in [7, 11) is 0. The third-order valence-electron chi connectivity index (χ3n) is 5.27. The first kappa shape index (κ1) is 18.9. The Bertz CT molecular complexity index is 776. The van der Waals surface area contributed by atoms with Crippen LogP contribution in [0.1, 0.15) is 26.5 Å². The minimum atomic E-state index is 0.0209. The molecule has 0 spiro atoms. The van der Waals surface area contributed by atoms with Crippen LogP contribution in [-0.2, 0) is 10.2 Å². The van der Waals surface area contributed by atoms with E-state index in [9.17, 15) is 0 Å². The molecule has 0 radical (unpaired) electrons. The summed E-state index contributed by atoms with van der Waals surface area (Å²) in [5, 5.41) is 8.87. The molecule has 2 aliphatic rings. The molecule has 0 saturated carbocycles. The SMILES string of the molecule is CC(C)(C)c1ccc(N2CCN(c3nccc(N4CCOCC4)n3)CC2)nn1. The van der Waals surface area contributed by atoms with Gasteiger partial charge in [-0.05, 0) is 18.2 Å². The summed E-state index contributed by atoms with van der Waals surface area (Å²) in [5.74, 6) is 2.73. The molecular weight excluding hydrogens is 354 g/mol. The van der Waals surface area contributed by atoms with Gasteiger partial charge in [0.2, 0.25) is 5.95 Å². The third-order valence-corrected chi connectivity index (χ3v) is 5.27. The lowest BCUT2D eigenvalue weighted by Gasteiger charge is -2.35. The van der Waals surface area contributed by atoms with Gasteiger partial charge in [-0.2, -0.15) is 10.1 Å². The van der Waals surface area contributed by atoms with Crippen LogP contribution in [0.3, 0.4) is 0 Å². The molecule has 2 saturated heterocycles. The van der Waals surface area contributed by atoms with Crippen LogP contribution in [0.5, 0.6) is 0 Å². The number of hydrogen-bond donors (Lipinski definition) is 0. The molecule has 2 aromatic heterocycles. The average molecular weight is 384 g/mol. The van der Waals surface area contributed by atoms with Crippen LogP contribution in [0.2, 0.25) is 0 Å². The van der Waals surface area contributed by atoms with Crippen molar-refractivity contribution in [3.8, 4) is 0 Å². The third kappa shape index (κ3) is 4.16. The van der Waals surface area contributed by atoms with Crippen LogP contribution in [0.25, 0.3) is 0 Å². The van der Waals surface area contributed by atoms with E-state index in [2.05, 4.69) is 62.8 Å². The monoisotopic (exact) mass is 383 g/mol. The predicted octanol–water partition coefficient (Wildman–Crippen LogP) is 1.73. The molecule has 2 fully saturated rings. The molecular formula is C20H29N7O. The minimum absolute atomic E-state index is 0.0209. The lowest BCUT2D eigenvalue weighted by Crippen LogP contribution is -2.47. The molecule has 2 aromatic rings. The molecule has 0 aliphatic carbocycles. The Morgan fingerprint density at radius 1 is 0.786 bits per heavy atom. The van der Waals surface area contributed by atoms with Crippen molar-refractivity contribution in [3.63, 3.8) is 0 Å². The van der Waals surface area contributed by atoms with E-state index in [1.165, 1.54) is 0 Å². The number of hydrogen-bond acceptors (Lipinski definition) is 8. The second kappa shape index (κ2) is 7.87.